The van der Waals surface area contributed by atoms with Crippen molar-refractivity contribution in [1.29, 1.82) is 0 Å². The minimum atomic E-state index is -0.598. The van der Waals surface area contributed by atoms with Gasteiger partial charge in [-0.15, -0.1) is 0 Å². The molecule has 1 aromatic rings. The lowest BCUT2D eigenvalue weighted by Gasteiger charge is -2.32. The van der Waals surface area contributed by atoms with E-state index in [0.717, 1.165) is 19.3 Å². The number of imide groups is 1. The first-order valence-corrected chi connectivity index (χ1v) is 8.59. The predicted molar refractivity (Wildman–Crippen MR) is 89.3 cm³/mol. The molecule has 128 valence electrons. The Bertz CT molecular complexity index is 617. The third-order valence-corrected chi connectivity index (χ3v) is 4.86. The number of hydrogen-bond donors (Lipinski definition) is 3. The van der Waals surface area contributed by atoms with E-state index in [1.807, 2.05) is 18.2 Å². The molecule has 1 heterocycles. The SMILES string of the molecule is O=C(CC[C@@H]1NC(=O)NC1=O)N[C@H]1CCCC[C@@H]1c1ccccc1. The molecule has 1 aromatic carbocycles. The monoisotopic (exact) mass is 329 g/mol. The van der Waals surface area contributed by atoms with Crippen LogP contribution in [0.1, 0.15) is 50.0 Å². The van der Waals surface area contributed by atoms with Gasteiger partial charge in [-0.3, -0.25) is 14.9 Å². The molecule has 4 amide bonds. The molecule has 1 aliphatic heterocycles. The number of benzene rings is 1. The van der Waals surface area contributed by atoms with Gasteiger partial charge in [0.1, 0.15) is 6.04 Å². The molecule has 2 fully saturated rings. The Labute approximate surface area is 141 Å². The molecule has 24 heavy (non-hydrogen) atoms. The minimum absolute atomic E-state index is 0.0585. The van der Waals surface area contributed by atoms with Crippen LogP contribution in [0.25, 0.3) is 0 Å². The average molecular weight is 329 g/mol. The number of carbonyl (C=O) groups is 3. The van der Waals surface area contributed by atoms with E-state index in [1.54, 1.807) is 0 Å². The highest BCUT2D eigenvalue weighted by atomic mass is 16.2. The molecule has 3 atom stereocenters. The molecule has 3 rings (SSSR count). The fraction of sp³-hybridized carbons (Fsp3) is 0.500. The number of rotatable bonds is 5. The predicted octanol–water partition coefficient (Wildman–Crippen LogP) is 1.82. The van der Waals surface area contributed by atoms with Crippen LogP contribution in [0.4, 0.5) is 4.79 Å². The van der Waals surface area contributed by atoms with Gasteiger partial charge in [0, 0.05) is 18.4 Å². The summed E-state index contributed by atoms with van der Waals surface area (Å²) in [7, 11) is 0. The molecule has 0 spiro atoms. The summed E-state index contributed by atoms with van der Waals surface area (Å²) in [6.07, 6.45) is 4.92. The second-order valence-electron chi connectivity index (χ2n) is 6.53. The van der Waals surface area contributed by atoms with Crippen LogP contribution in [-0.2, 0) is 9.59 Å². The van der Waals surface area contributed by atoms with Crippen LogP contribution in [0.3, 0.4) is 0 Å². The summed E-state index contributed by atoms with van der Waals surface area (Å²) in [5.41, 5.74) is 1.27. The summed E-state index contributed by atoms with van der Waals surface area (Å²) in [5.74, 6) is -0.0669. The topological polar surface area (TPSA) is 87.3 Å². The maximum Gasteiger partial charge on any atom is 0.322 e. The highest BCUT2D eigenvalue weighted by Gasteiger charge is 2.31. The third kappa shape index (κ3) is 3.93. The largest absolute Gasteiger partial charge is 0.353 e. The lowest BCUT2D eigenvalue weighted by Crippen LogP contribution is -2.41. The summed E-state index contributed by atoms with van der Waals surface area (Å²) < 4.78 is 0. The Morgan fingerprint density at radius 3 is 2.58 bits per heavy atom. The molecule has 1 saturated carbocycles. The van der Waals surface area contributed by atoms with Gasteiger partial charge in [0.25, 0.3) is 5.91 Å². The van der Waals surface area contributed by atoms with Crippen molar-refractivity contribution in [2.45, 2.75) is 56.5 Å². The van der Waals surface area contributed by atoms with Crippen molar-refractivity contribution in [2.24, 2.45) is 0 Å². The molecule has 1 aliphatic carbocycles. The highest BCUT2D eigenvalue weighted by Crippen LogP contribution is 2.33. The maximum absolute atomic E-state index is 12.3. The van der Waals surface area contributed by atoms with Crippen LogP contribution in [0.5, 0.6) is 0 Å². The van der Waals surface area contributed by atoms with Gasteiger partial charge in [0.05, 0.1) is 0 Å². The smallest absolute Gasteiger partial charge is 0.322 e. The van der Waals surface area contributed by atoms with Crippen LogP contribution < -0.4 is 16.0 Å². The third-order valence-electron chi connectivity index (χ3n) is 4.86. The zero-order valence-corrected chi connectivity index (χ0v) is 13.6. The van der Waals surface area contributed by atoms with Crippen molar-refractivity contribution in [3.8, 4) is 0 Å². The van der Waals surface area contributed by atoms with Gasteiger partial charge < -0.3 is 10.6 Å². The molecule has 6 heteroatoms. The maximum atomic E-state index is 12.3. The highest BCUT2D eigenvalue weighted by molar-refractivity contribution is 6.04. The molecule has 3 N–H and O–H groups in total. The Hall–Kier alpha value is -2.37. The fourth-order valence-corrected chi connectivity index (χ4v) is 3.62. The zero-order valence-electron chi connectivity index (χ0n) is 13.6. The van der Waals surface area contributed by atoms with Crippen molar-refractivity contribution in [2.75, 3.05) is 0 Å². The number of nitrogens with one attached hydrogen (secondary N) is 3. The Kier molecular flexibility index (Phi) is 5.13. The van der Waals surface area contributed by atoms with E-state index in [4.69, 9.17) is 0 Å². The number of carbonyl (C=O) groups excluding carboxylic acids is 3. The zero-order chi connectivity index (χ0) is 16.9. The molecule has 0 aromatic heterocycles. The Morgan fingerprint density at radius 2 is 1.88 bits per heavy atom. The molecule has 0 unspecified atom stereocenters. The number of urea groups is 1. The van der Waals surface area contributed by atoms with Gasteiger partial charge in [0.2, 0.25) is 5.91 Å². The molecule has 0 radical (unpaired) electrons. The van der Waals surface area contributed by atoms with Crippen molar-refractivity contribution in [3.05, 3.63) is 35.9 Å². The van der Waals surface area contributed by atoms with Gasteiger partial charge in [-0.1, -0.05) is 43.2 Å². The van der Waals surface area contributed by atoms with Crippen LogP contribution in [-0.4, -0.2) is 29.9 Å². The first-order chi connectivity index (χ1) is 11.6. The lowest BCUT2D eigenvalue weighted by molar-refractivity contribution is -0.123. The summed E-state index contributed by atoms with van der Waals surface area (Å²) >= 11 is 0. The van der Waals surface area contributed by atoms with Crippen molar-refractivity contribution < 1.29 is 14.4 Å². The second kappa shape index (κ2) is 7.47. The van der Waals surface area contributed by atoms with E-state index in [2.05, 4.69) is 28.1 Å². The minimum Gasteiger partial charge on any atom is -0.353 e. The summed E-state index contributed by atoms with van der Waals surface area (Å²) in [6.45, 7) is 0. The van der Waals surface area contributed by atoms with Crippen LogP contribution in [0, 0.1) is 0 Å². The van der Waals surface area contributed by atoms with E-state index in [9.17, 15) is 14.4 Å². The van der Waals surface area contributed by atoms with Gasteiger partial charge >= 0.3 is 6.03 Å². The molecular weight excluding hydrogens is 306 g/mol. The van der Waals surface area contributed by atoms with Gasteiger partial charge in [-0.25, -0.2) is 4.79 Å². The van der Waals surface area contributed by atoms with E-state index >= 15 is 0 Å². The fourth-order valence-electron chi connectivity index (χ4n) is 3.62. The first kappa shape index (κ1) is 16.5. The van der Waals surface area contributed by atoms with Crippen LogP contribution in [0.15, 0.2) is 30.3 Å². The van der Waals surface area contributed by atoms with Gasteiger partial charge in [-0.05, 0) is 24.8 Å². The van der Waals surface area contributed by atoms with E-state index < -0.39 is 12.1 Å². The summed E-state index contributed by atoms with van der Waals surface area (Å²) in [6, 6.07) is 9.36. The van der Waals surface area contributed by atoms with E-state index in [1.165, 1.54) is 12.0 Å². The van der Waals surface area contributed by atoms with Gasteiger partial charge in [0.15, 0.2) is 0 Å². The molecule has 0 bridgehead atoms. The van der Waals surface area contributed by atoms with Crippen molar-refractivity contribution in [1.82, 2.24) is 16.0 Å². The van der Waals surface area contributed by atoms with Crippen LogP contribution >= 0.6 is 0 Å². The summed E-state index contributed by atoms with van der Waals surface area (Å²) in [5, 5.41) is 7.83. The average Bonchev–Trinajstić information content (AvgIpc) is 2.92. The van der Waals surface area contributed by atoms with Crippen molar-refractivity contribution in [3.63, 3.8) is 0 Å². The Morgan fingerprint density at radius 1 is 1.12 bits per heavy atom. The molecular formula is C18H23N3O3. The van der Waals surface area contributed by atoms with Crippen molar-refractivity contribution >= 4 is 17.8 Å². The summed E-state index contributed by atoms with van der Waals surface area (Å²) in [4.78, 5) is 34.9. The Balaban J connectivity index is 1.54. The molecule has 6 nitrogen and oxygen atoms in total. The normalized spacial score (nSPS) is 26.6. The number of amides is 4. The first-order valence-electron chi connectivity index (χ1n) is 8.59. The molecule has 2 aliphatic rings. The number of hydrogen-bond acceptors (Lipinski definition) is 3. The van der Waals surface area contributed by atoms with Gasteiger partial charge in [-0.2, -0.15) is 0 Å². The lowest BCUT2D eigenvalue weighted by atomic mass is 9.80. The van der Waals surface area contributed by atoms with Crippen LogP contribution in [0.2, 0.25) is 0 Å². The standard InChI is InChI=1S/C18H23N3O3/c22-16(11-10-15-17(23)21-18(24)20-15)19-14-9-5-4-8-13(14)12-6-2-1-3-7-12/h1-3,6-7,13-15H,4-5,8-11H2,(H,19,22)(H2,20,21,23,24)/t13-,14+,15+/m1/s1. The second-order valence-corrected chi connectivity index (χ2v) is 6.53. The molecule has 1 saturated heterocycles. The quantitative estimate of drug-likeness (QED) is 0.720. The van der Waals surface area contributed by atoms with E-state index in [0.29, 0.717) is 12.3 Å². The van der Waals surface area contributed by atoms with E-state index in [-0.39, 0.29) is 24.3 Å².